The highest BCUT2D eigenvalue weighted by Gasteiger charge is 2.25. The Hall–Kier alpha value is -0.140. The fourth-order valence-electron chi connectivity index (χ4n) is 2.60. The molecule has 3 N–H and O–H groups in total. The Balaban J connectivity index is 0.00000364. The molecular weight excluding hydrogens is 497 g/mol. The normalized spacial score (nSPS) is 17.8. The molecule has 0 bridgehead atoms. The van der Waals surface area contributed by atoms with Gasteiger partial charge in [0, 0.05) is 50.1 Å². The zero-order valence-corrected chi connectivity index (χ0v) is 20.1. The molecule has 0 amide bonds. The summed E-state index contributed by atoms with van der Waals surface area (Å²) in [5.74, 6) is 1.78. The van der Waals surface area contributed by atoms with Gasteiger partial charge in [-0.3, -0.25) is 9.89 Å². The molecule has 0 aliphatic carbocycles. The predicted molar refractivity (Wildman–Crippen MR) is 125 cm³/mol. The molecule has 1 aromatic heterocycles. The van der Waals surface area contributed by atoms with Gasteiger partial charge in [-0.1, -0.05) is 11.8 Å². The minimum Gasteiger partial charge on any atom is -0.387 e. The van der Waals surface area contributed by atoms with Gasteiger partial charge in [-0.25, -0.2) is 4.98 Å². The topological polar surface area (TPSA) is 82.0 Å². The van der Waals surface area contributed by atoms with E-state index in [4.69, 9.17) is 4.74 Å². The van der Waals surface area contributed by atoms with Crippen molar-refractivity contribution in [2.45, 2.75) is 30.2 Å². The summed E-state index contributed by atoms with van der Waals surface area (Å²) in [5, 5.41) is 19.2. The van der Waals surface area contributed by atoms with Gasteiger partial charge in [0.05, 0.1) is 25.4 Å². The monoisotopic (exact) mass is 529 g/mol. The number of hydrogen-bond donors (Lipinski definition) is 3. The van der Waals surface area contributed by atoms with Crippen molar-refractivity contribution in [1.29, 1.82) is 0 Å². The molecular formula is C17H32IN5O2S2. The minimum absolute atomic E-state index is 0. The Morgan fingerprint density at radius 3 is 2.89 bits per heavy atom. The van der Waals surface area contributed by atoms with Crippen LogP contribution in [0.15, 0.2) is 20.9 Å². The third kappa shape index (κ3) is 10.8. The quantitative estimate of drug-likeness (QED) is 0.140. The third-order valence-corrected chi connectivity index (χ3v) is 5.89. The largest absolute Gasteiger partial charge is 0.387 e. The van der Waals surface area contributed by atoms with Crippen LogP contribution in [0.2, 0.25) is 0 Å². The Morgan fingerprint density at radius 2 is 2.22 bits per heavy atom. The average molecular weight is 530 g/mol. The number of morpholine rings is 1. The van der Waals surface area contributed by atoms with Crippen LogP contribution in [0.4, 0.5) is 0 Å². The molecule has 0 aromatic carbocycles. The number of aromatic nitrogens is 1. The molecule has 1 aliphatic heterocycles. The summed E-state index contributed by atoms with van der Waals surface area (Å²) >= 11 is 3.46. The molecule has 10 heteroatoms. The number of aliphatic imine (C=N–C) groups is 1. The molecule has 156 valence electrons. The minimum atomic E-state index is -0.847. The van der Waals surface area contributed by atoms with Crippen LogP contribution in [0.3, 0.4) is 0 Å². The fraction of sp³-hybridized carbons (Fsp3) is 0.765. The maximum absolute atomic E-state index is 10.6. The van der Waals surface area contributed by atoms with Gasteiger partial charge in [0.25, 0.3) is 0 Å². The number of hydrogen-bond acceptors (Lipinski definition) is 7. The van der Waals surface area contributed by atoms with E-state index in [0.29, 0.717) is 13.1 Å². The van der Waals surface area contributed by atoms with Crippen LogP contribution in [0.1, 0.15) is 20.3 Å². The van der Waals surface area contributed by atoms with E-state index in [2.05, 4.69) is 25.5 Å². The van der Waals surface area contributed by atoms with Gasteiger partial charge >= 0.3 is 0 Å². The molecule has 2 heterocycles. The zero-order chi connectivity index (χ0) is 18.7. The molecule has 7 nitrogen and oxygen atoms in total. The van der Waals surface area contributed by atoms with Gasteiger partial charge in [0.1, 0.15) is 4.34 Å². The van der Waals surface area contributed by atoms with Gasteiger partial charge in [-0.2, -0.15) is 0 Å². The van der Waals surface area contributed by atoms with E-state index < -0.39 is 5.60 Å². The molecule has 0 saturated carbocycles. The van der Waals surface area contributed by atoms with Gasteiger partial charge in [-0.05, 0) is 20.3 Å². The molecule has 0 spiro atoms. The summed E-state index contributed by atoms with van der Waals surface area (Å²) in [6, 6.07) is 0. The summed E-state index contributed by atoms with van der Waals surface area (Å²) in [4.78, 5) is 11.1. The van der Waals surface area contributed by atoms with Crippen molar-refractivity contribution in [2.24, 2.45) is 4.99 Å². The van der Waals surface area contributed by atoms with Crippen molar-refractivity contribution >= 4 is 53.0 Å². The van der Waals surface area contributed by atoms with Crippen LogP contribution in [-0.4, -0.2) is 84.8 Å². The summed E-state index contributed by atoms with van der Waals surface area (Å²) in [6.07, 6.45) is 2.86. The number of nitrogens with zero attached hydrogens (tertiary/aromatic N) is 3. The third-order valence-electron chi connectivity index (χ3n) is 3.84. The summed E-state index contributed by atoms with van der Waals surface area (Å²) in [7, 11) is 0. The van der Waals surface area contributed by atoms with Crippen molar-refractivity contribution in [3.05, 3.63) is 11.6 Å². The molecule has 1 fully saturated rings. The van der Waals surface area contributed by atoms with Gasteiger partial charge in [0.2, 0.25) is 0 Å². The Kier molecular flexibility index (Phi) is 12.9. The van der Waals surface area contributed by atoms with E-state index >= 15 is 0 Å². The number of halogens is 1. The summed E-state index contributed by atoms with van der Waals surface area (Å²) in [5.41, 5.74) is -0.847. The van der Waals surface area contributed by atoms with E-state index in [1.807, 2.05) is 25.4 Å². The second-order valence-corrected chi connectivity index (χ2v) is 8.74. The van der Waals surface area contributed by atoms with Crippen LogP contribution < -0.4 is 10.6 Å². The smallest absolute Gasteiger partial charge is 0.191 e. The van der Waals surface area contributed by atoms with Gasteiger partial charge < -0.3 is 20.5 Å². The summed E-state index contributed by atoms with van der Waals surface area (Å²) in [6.45, 7) is 9.73. The van der Waals surface area contributed by atoms with Crippen molar-refractivity contribution in [3.8, 4) is 0 Å². The molecule has 1 aliphatic rings. The Morgan fingerprint density at radius 1 is 1.44 bits per heavy atom. The highest BCUT2D eigenvalue weighted by molar-refractivity contribution is 14.0. The molecule has 27 heavy (non-hydrogen) atoms. The van der Waals surface area contributed by atoms with Crippen molar-refractivity contribution in [3.63, 3.8) is 0 Å². The standard InChI is InChI=1S/C17H31N5O2S2.HI/c1-3-18-15(19-5-4-11-25-16-20-6-12-26-16)21-13-17(2,23)14-22-7-9-24-10-8-22;/h6,12,23H,3-5,7-11,13-14H2,1-2H3,(H2,18,19,21);1H. The van der Waals surface area contributed by atoms with Gasteiger partial charge in [0.15, 0.2) is 5.96 Å². The van der Waals surface area contributed by atoms with Crippen LogP contribution in [0.5, 0.6) is 0 Å². The summed E-state index contributed by atoms with van der Waals surface area (Å²) < 4.78 is 6.47. The van der Waals surface area contributed by atoms with E-state index in [0.717, 1.165) is 61.9 Å². The molecule has 1 aromatic rings. The van der Waals surface area contributed by atoms with Crippen LogP contribution in [0.25, 0.3) is 0 Å². The number of thiazole rings is 1. The zero-order valence-electron chi connectivity index (χ0n) is 16.1. The number of rotatable bonds is 10. The van der Waals surface area contributed by atoms with Crippen molar-refractivity contribution in [1.82, 2.24) is 20.5 Å². The number of nitrogens with one attached hydrogen (secondary N) is 2. The SMILES string of the molecule is CCNC(=NCC(C)(O)CN1CCOCC1)NCCCSc1nccs1.I. The first-order chi connectivity index (χ1) is 12.6. The van der Waals surface area contributed by atoms with Crippen LogP contribution >= 0.6 is 47.1 Å². The number of β-amino-alcohol motifs (C(OH)–C–C–N with tert-alkyl or cyclic N) is 1. The van der Waals surface area contributed by atoms with Crippen LogP contribution in [-0.2, 0) is 4.74 Å². The lowest BCUT2D eigenvalue weighted by Gasteiger charge is -2.33. The van der Waals surface area contributed by atoms with E-state index in [1.165, 1.54) is 0 Å². The molecule has 1 atom stereocenters. The second-order valence-electron chi connectivity index (χ2n) is 6.51. The first-order valence-electron chi connectivity index (χ1n) is 9.16. The van der Waals surface area contributed by atoms with E-state index in [1.54, 1.807) is 23.1 Å². The first-order valence-corrected chi connectivity index (χ1v) is 11.0. The maximum atomic E-state index is 10.6. The molecule has 1 unspecified atom stereocenters. The van der Waals surface area contributed by atoms with E-state index in [-0.39, 0.29) is 24.0 Å². The highest BCUT2D eigenvalue weighted by atomic mass is 127. The fourth-order valence-corrected chi connectivity index (χ4v) is 4.25. The maximum Gasteiger partial charge on any atom is 0.191 e. The van der Waals surface area contributed by atoms with Crippen LogP contribution in [0, 0.1) is 0 Å². The number of guanidine groups is 1. The predicted octanol–water partition coefficient (Wildman–Crippen LogP) is 1.88. The lowest BCUT2D eigenvalue weighted by atomic mass is 10.1. The number of aliphatic hydroxyl groups is 1. The first kappa shape index (κ1) is 24.9. The Labute approximate surface area is 187 Å². The van der Waals surface area contributed by atoms with Gasteiger partial charge in [-0.15, -0.1) is 35.3 Å². The number of ether oxygens (including phenoxy) is 1. The molecule has 2 rings (SSSR count). The number of thioether (sulfide) groups is 1. The van der Waals surface area contributed by atoms with E-state index in [9.17, 15) is 5.11 Å². The van der Waals surface area contributed by atoms with Crippen molar-refractivity contribution in [2.75, 3.05) is 58.2 Å². The highest BCUT2D eigenvalue weighted by Crippen LogP contribution is 2.20. The lowest BCUT2D eigenvalue weighted by Crippen LogP contribution is -2.48. The molecule has 1 saturated heterocycles. The lowest BCUT2D eigenvalue weighted by molar-refractivity contribution is -0.0179. The average Bonchev–Trinajstić information content (AvgIpc) is 3.13. The van der Waals surface area contributed by atoms with Crippen molar-refractivity contribution < 1.29 is 9.84 Å². The molecule has 0 radical (unpaired) electrons. The second kappa shape index (κ2) is 13.9. The Bertz CT molecular complexity index is 525.